The number of nitrogens with one attached hydrogen (secondary N) is 1. The van der Waals surface area contributed by atoms with Crippen molar-refractivity contribution in [2.24, 2.45) is 0 Å². The van der Waals surface area contributed by atoms with Gasteiger partial charge in [0.25, 0.3) is 0 Å². The van der Waals surface area contributed by atoms with Crippen LogP contribution in [-0.4, -0.2) is 40.2 Å². The molecule has 0 spiro atoms. The lowest BCUT2D eigenvalue weighted by atomic mass is 10.0. The smallest absolute Gasteiger partial charge is 0.244 e. The first-order valence-corrected chi connectivity index (χ1v) is 8.87. The Morgan fingerprint density at radius 2 is 1.81 bits per heavy atom. The van der Waals surface area contributed by atoms with Crippen LogP contribution in [0.5, 0.6) is 11.5 Å². The van der Waals surface area contributed by atoms with E-state index in [0.717, 1.165) is 32.5 Å². The van der Waals surface area contributed by atoms with Crippen LogP contribution in [-0.2, 0) is 11.3 Å². The van der Waals surface area contributed by atoms with Crippen LogP contribution in [0, 0.1) is 0 Å². The molecule has 5 nitrogen and oxygen atoms in total. The number of carbonyl (C=O) groups excluding carboxylic acids is 1. The minimum absolute atomic E-state index is 0.140. The number of hydrogen-bond donors (Lipinski definition) is 3. The van der Waals surface area contributed by atoms with Crippen molar-refractivity contribution >= 4 is 12.0 Å². The Kier molecular flexibility index (Phi) is 5.92. The lowest BCUT2D eigenvalue weighted by molar-refractivity contribution is -0.117. The quantitative estimate of drug-likeness (QED) is 0.571. The number of carbonyl (C=O) groups is 1. The van der Waals surface area contributed by atoms with Crippen molar-refractivity contribution < 1.29 is 15.0 Å². The monoisotopic (exact) mass is 352 g/mol. The van der Waals surface area contributed by atoms with E-state index in [9.17, 15) is 15.0 Å². The fraction of sp³-hybridized carbons (Fsp3) is 0.286. The Labute approximate surface area is 153 Å². The molecule has 136 valence electrons. The van der Waals surface area contributed by atoms with Crippen molar-refractivity contribution in [1.82, 2.24) is 10.2 Å². The Hall–Kier alpha value is -2.79. The summed E-state index contributed by atoms with van der Waals surface area (Å²) in [7, 11) is 0. The second-order valence-corrected chi connectivity index (χ2v) is 6.63. The molecule has 26 heavy (non-hydrogen) atoms. The lowest BCUT2D eigenvalue weighted by Gasteiger charge is -2.32. The Morgan fingerprint density at radius 3 is 2.50 bits per heavy atom. The number of rotatable bonds is 5. The summed E-state index contributed by atoms with van der Waals surface area (Å²) in [6, 6.07) is 15.1. The summed E-state index contributed by atoms with van der Waals surface area (Å²) < 4.78 is 0. The largest absolute Gasteiger partial charge is 0.504 e. The van der Waals surface area contributed by atoms with E-state index in [0.29, 0.717) is 5.56 Å². The molecule has 0 unspecified atom stereocenters. The Morgan fingerprint density at radius 1 is 1.08 bits per heavy atom. The molecule has 0 saturated carbocycles. The van der Waals surface area contributed by atoms with E-state index in [1.165, 1.54) is 23.8 Å². The molecule has 2 aromatic rings. The fourth-order valence-corrected chi connectivity index (χ4v) is 3.14. The molecule has 0 bridgehead atoms. The number of hydrogen-bond acceptors (Lipinski definition) is 4. The number of phenols is 2. The maximum atomic E-state index is 12.1. The summed E-state index contributed by atoms with van der Waals surface area (Å²) >= 11 is 0. The van der Waals surface area contributed by atoms with Crippen LogP contribution >= 0.6 is 0 Å². The van der Waals surface area contributed by atoms with Gasteiger partial charge in [-0.2, -0.15) is 0 Å². The van der Waals surface area contributed by atoms with Crippen LogP contribution < -0.4 is 5.32 Å². The van der Waals surface area contributed by atoms with E-state index >= 15 is 0 Å². The summed E-state index contributed by atoms with van der Waals surface area (Å²) in [4.78, 5) is 14.5. The lowest BCUT2D eigenvalue weighted by Crippen LogP contribution is -2.43. The fourth-order valence-electron chi connectivity index (χ4n) is 3.14. The third-order valence-electron chi connectivity index (χ3n) is 4.61. The first kappa shape index (κ1) is 18.0. The van der Waals surface area contributed by atoms with E-state index < -0.39 is 0 Å². The number of piperidine rings is 1. The molecule has 2 aromatic carbocycles. The molecule has 0 radical (unpaired) electrons. The summed E-state index contributed by atoms with van der Waals surface area (Å²) in [6.07, 6.45) is 4.96. The molecule has 3 N–H and O–H groups in total. The third-order valence-corrected chi connectivity index (χ3v) is 4.61. The van der Waals surface area contributed by atoms with Crippen molar-refractivity contribution in [3.8, 4) is 11.5 Å². The van der Waals surface area contributed by atoms with E-state index in [1.54, 1.807) is 12.1 Å². The minimum atomic E-state index is -0.196. The first-order chi connectivity index (χ1) is 12.6. The predicted molar refractivity (Wildman–Crippen MR) is 102 cm³/mol. The van der Waals surface area contributed by atoms with Crippen LogP contribution in [0.3, 0.4) is 0 Å². The summed E-state index contributed by atoms with van der Waals surface area (Å²) in [5.41, 5.74) is 1.98. The normalized spacial score (nSPS) is 16.0. The molecule has 1 amide bonds. The van der Waals surface area contributed by atoms with E-state index in [1.807, 2.05) is 6.07 Å². The molecule has 1 aliphatic rings. The number of benzene rings is 2. The zero-order valence-corrected chi connectivity index (χ0v) is 14.6. The standard InChI is InChI=1S/C21H24N2O3/c24-19-8-6-16(14-20(19)25)7-9-21(26)22-18-10-12-23(13-11-18)15-17-4-2-1-3-5-17/h1-9,14,18,24-25H,10-13,15H2,(H,22,26)/b9-7+. The molecule has 0 atom stereocenters. The van der Waals surface area contributed by atoms with Crippen LogP contribution in [0.4, 0.5) is 0 Å². The van der Waals surface area contributed by atoms with Crippen LogP contribution in [0.25, 0.3) is 6.08 Å². The molecule has 1 saturated heterocycles. The van der Waals surface area contributed by atoms with Gasteiger partial charge in [0, 0.05) is 31.8 Å². The zero-order chi connectivity index (χ0) is 18.4. The number of aromatic hydroxyl groups is 2. The second-order valence-electron chi connectivity index (χ2n) is 6.63. The van der Waals surface area contributed by atoms with Crippen LogP contribution in [0.1, 0.15) is 24.0 Å². The van der Waals surface area contributed by atoms with Crippen molar-refractivity contribution in [3.63, 3.8) is 0 Å². The van der Waals surface area contributed by atoms with Crippen molar-refractivity contribution in [2.75, 3.05) is 13.1 Å². The molecule has 1 aliphatic heterocycles. The van der Waals surface area contributed by atoms with E-state index in [2.05, 4.69) is 34.5 Å². The van der Waals surface area contributed by atoms with Gasteiger partial charge in [0.2, 0.25) is 5.91 Å². The molecule has 5 heteroatoms. The SMILES string of the molecule is O=C(/C=C/c1ccc(O)c(O)c1)NC1CCN(Cc2ccccc2)CC1. The van der Waals surface area contributed by atoms with Crippen molar-refractivity contribution in [1.29, 1.82) is 0 Å². The van der Waals surface area contributed by atoms with Gasteiger partial charge in [-0.25, -0.2) is 0 Å². The predicted octanol–water partition coefficient (Wildman–Crippen LogP) is 2.89. The highest BCUT2D eigenvalue weighted by atomic mass is 16.3. The highest BCUT2D eigenvalue weighted by molar-refractivity contribution is 5.92. The number of amides is 1. The van der Waals surface area contributed by atoms with Gasteiger partial charge >= 0.3 is 0 Å². The molecular formula is C21H24N2O3. The first-order valence-electron chi connectivity index (χ1n) is 8.87. The Balaban J connectivity index is 1.44. The van der Waals surface area contributed by atoms with Gasteiger partial charge in [0.05, 0.1) is 0 Å². The van der Waals surface area contributed by atoms with E-state index in [-0.39, 0.29) is 23.4 Å². The molecule has 1 fully saturated rings. The highest BCUT2D eigenvalue weighted by Crippen LogP contribution is 2.25. The van der Waals surface area contributed by atoms with Gasteiger partial charge in [0.15, 0.2) is 11.5 Å². The molecule has 0 aromatic heterocycles. The van der Waals surface area contributed by atoms with Crippen molar-refractivity contribution in [3.05, 3.63) is 65.7 Å². The van der Waals surface area contributed by atoms with Gasteiger partial charge in [-0.15, -0.1) is 0 Å². The average Bonchev–Trinajstić information content (AvgIpc) is 2.65. The number of likely N-dealkylation sites (tertiary alicyclic amines) is 1. The summed E-state index contributed by atoms with van der Waals surface area (Å²) in [5, 5.41) is 21.8. The third kappa shape index (κ3) is 5.10. The van der Waals surface area contributed by atoms with Crippen molar-refractivity contribution in [2.45, 2.75) is 25.4 Å². The number of nitrogens with zero attached hydrogens (tertiary/aromatic N) is 1. The van der Waals surface area contributed by atoms with Crippen LogP contribution in [0.2, 0.25) is 0 Å². The Bertz CT molecular complexity index is 766. The topological polar surface area (TPSA) is 72.8 Å². The summed E-state index contributed by atoms with van der Waals surface area (Å²) in [6.45, 7) is 2.89. The van der Waals surface area contributed by atoms with E-state index in [4.69, 9.17) is 0 Å². The van der Waals surface area contributed by atoms with Crippen LogP contribution in [0.15, 0.2) is 54.6 Å². The van der Waals surface area contributed by atoms with Gasteiger partial charge in [-0.05, 0) is 42.2 Å². The van der Waals surface area contributed by atoms with Gasteiger partial charge in [-0.3, -0.25) is 9.69 Å². The average molecular weight is 352 g/mol. The van der Waals surface area contributed by atoms with Gasteiger partial charge < -0.3 is 15.5 Å². The maximum Gasteiger partial charge on any atom is 0.244 e. The molecular weight excluding hydrogens is 328 g/mol. The molecule has 0 aliphatic carbocycles. The molecule has 3 rings (SSSR count). The van der Waals surface area contributed by atoms with Gasteiger partial charge in [0.1, 0.15) is 0 Å². The summed E-state index contributed by atoms with van der Waals surface area (Å²) in [5.74, 6) is -0.508. The zero-order valence-electron chi connectivity index (χ0n) is 14.6. The molecule has 1 heterocycles. The second kappa shape index (κ2) is 8.54. The minimum Gasteiger partial charge on any atom is -0.504 e. The number of phenolic OH excluding ortho intramolecular Hbond substituents is 2. The maximum absolute atomic E-state index is 12.1. The highest BCUT2D eigenvalue weighted by Gasteiger charge is 2.19. The van der Waals surface area contributed by atoms with Gasteiger partial charge in [-0.1, -0.05) is 36.4 Å².